The molecule has 0 N–H and O–H groups in total. The standard InChI is InChI=1S/C21H20Cl4N2O5/c1-14(15-5-4-6-16(11-15)27(28)29)26-32-9-3-2-8-31-21-18(22)12-17(13-19(21)23)30-10-7-20(24)25/h4-7,11-13H,2-3,8-10H2,1H3. The van der Waals surface area contributed by atoms with Crippen LogP contribution in [0.3, 0.4) is 0 Å². The molecule has 2 aromatic carbocycles. The molecular formula is C21H20Cl4N2O5. The zero-order valence-electron chi connectivity index (χ0n) is 17.0. The van der Waals surface area contributed by atoms with Gasteiger partial charge >= 0.3 is 0 Å². The van der Waals surface area contributed by atoms with Gasteiger partial charge in [0.25, 0.3) is 5.69 Å². The molecule has 0 aliphatic carbocycles. The summed E-state index contributed by atoms with van der Waals surface area (Å²) in [6.45, 7) is 2.64. The fourth-order valence-electron chi connectivity index (χ4n) is 2.44. The van der Waals surface area contributed by atoms with Gasteiger partial charge < -0.3 is 14.3 Å². The SMILES string of the molecule is CC(=NOCCCCOc1c(Cl)cc(OCC=C(Cl)Cl)cc1Cl)c1cccc([N+](=O)[O-])c1. The molecule has 0 saturated carbocycles. The number of benzene rings is 2. The second kappa shape index (κ2) is 13.4. The van der Waals surface area contributed by atoms with Crippen molar-refractivity contribution in [3.05, 3.63) is 72.7 Å². The minimum absolute atomic E-state index is 0.00242. The second-order valence-electron chi connectivity index (χ2n) is 6.39. The van der Waals surface area contributed by atoms with Crippen LogP contribution in [0.1, 0.15) is 25.3 Å². The summed E-state index contributed by atoms with van der Waals surface area (Å²) in [6, 6.07) is 9.39. The average molecular weight is 522 g/mol. The topological polar surface area (TPSA) is 83.2 Å². The Kier molecular flexibility index (Phi) is 10.9. The number of halogens is 4. The summed E-state index contributed by atoms with van der Waals surface area (Å²) in [6.07, 6.45) is 2.84. The fraction of sp³-hybridized carbons (Fsp3) is 0.286. The van der Waals surface area contributed by atoms with Crippen molar-refractivity contribution < 1.29 is 19.2 Å². The van der Waals surface area contributed by atoms with Crippen LogP contribution in [0.25, 0.3) is 0 Å². The molecular weight excluding hydrogens is 502 g/mol. The van der Waals surface area contributed by atoms with Crippen molar-refractivity contribution >= 4 is 57.8 Å². The third-order valence-electron chi connectivity index (χ3n) is 4.01. The summed E-state index contributed by atoms with van der Waals surface area (Å²) in [4.78, 5) is 15.7. The van der Waals surface area contributed by atoms with Crippen molar-refractivity contribution in [1.29, 1.82) is 0 Å². The predicted octanol–water partition coefficient (Wildman–Crippen LogP) is 7.20. The predicted molar refractivity (Wildman–Crippen MR) is 128 cm³/mol. The van der Waals surface area contributed by atoms with E-state index in [1.54, 1.807) is 31.2 Å². The lowest BCUT2D eigenvalue weighted by Gasteiger charge is -2.12. The van der Waals surface area contributed by atoms with Crippen LogP contribution in [0.5, 0.6) is 11.5 Å². The molecule has 2 aromatic rings. The minimum Gasteiger partial charge on any atom is -0.490 e. The molecule has 0 heterocycles. The Balaban J connectivity index is 1.74. The summed E-state index contributed by atoms with van der Waals surface area (Å²) in [7, 11) is 0. The van der Waals surface area contributed by atoms with Crippen molar-refractivity contribution in [3.8, 4) is 11.5 Å². The summed E-state index contributed by atoms with van der Waals surface area (Å²) in [5.41, 5.74) is 1.18. The third-order valence-corrected chi connectivity index (χ3v) is 4.88. The number of hydrogen-bond acceptors (Lipinski definition) is 6. The van der Waals surface area contributed by atoms with Crippen LogP contribution in [0, 0.1) is 10.1 Å². The van der Waals surface area contributed by atoms with Crippen LogP contribution in [0.15, 0.2) is 52.1 Å². The van der Waals surface area contributed by atoms with E-state index in [-0.39, 0.29) is 16.8 Å². The Labute approximate surface area is 205 Å². The molecule has 2 rings (SSSR count). The molecule has 172 valence electrons. The summed E-state index contributed by atoms with van der Waals surface area (Å²) < 4.78 is 11.2. The molecule has 32 heavy (non-hydrogen) atoms. The second-order valence-corrected chi connectivity index (χ2v) is 8.22. The van der Waals surface area contributed by atoms with Gasteiger partial charge in [0.05, 0.1) is 27.3 Å². The van der Waals surface area contributed by atoms with E-state index < -0.39 is 4.92 Å². The largest absolute Gasteiger partial charge is 0.490 e. The van der Waals surface area contributed by atoms with E-state index in [2.05, 4.69) is 5.16 Å². The number of oxime groups is 1. The van der Waals surface area contributed by atoms with Crippen LogP contribution >= 0.6 is 46.4 Å². The molecule has 0 amide bonds. The zero-order valence-corrected chi connectivity index (χ0v) is 20.0. The molecule has 0 spiro atoms. The Morgan fingerprint density at radius 3 is 2.44 bits per heavy atom. The molecule has 7 nitrogen and oxygen atoms in total. The number of ether oxygens (including phenoxy) is 2. The summed E-state index contributed by atoms with van der Waals surface area (Å²) in [5, 5.41) is 15.5. The third kappa shape index (κ3) is 8.74. The molecule has 0 radical (unpaired) electrons. The van der Waals surface area contributed by atoms with Gasteiger partial charge in [0.1, 0.15) is 23.5 Å². The van der Waals surface area contributed by atoms with Crippen LogP contribution in [0.2, 0.25) is 10.0 Å². The van der Waals surface area contributed by atoms with E-state index >= 15 is 0 Å². The lowest BCUT2D eigenvalue weighted by Crippen LogP contribution is -2.02. The number of non-ortho nitro benzene ring substituents is 1. The van der Waals surface area contributed by atoms with Gasteiger partial charge in [0.2, 0.25) is 0 Å². The van der Waals surface area contributed by atoms with Gasteiger partial charge in [-0.15, -0.1) is 0 Å². The van der Waals surface area contributed by atoms with Crippen LogP contribution in [0.4, 0.5) is 5.69 Å². The first-order chi connectivity index (χ1) is 15.3. The van der Waals surface area contributed by atoms with Crippen LogP contribution < -0.4 is 9.47 Å². The van der Waals surface area contributed by atoms with Crippen molar-refractivity contribution in [3.63, 3.8) is 0 Å². The van der Waals surface area contributed by atoms with Crippen molar-refractivity contribution in [2.24, 2.45) is 5.16 Å². The van der Waals surface area contributed by atoms with Crippen molar-refractivity contribution in [2.45, 2.75) is 19.8 Å². The van der Waals surface area contributed by atoms with Gasteiger partial charge in [-0.05, 0) is 25.8 Å². The lowest BCUT2D eigenvalue weighted by molar-refractivity contribution is -0.384. The molecule has 0 unspecified atom stereocenters. The molecule has 0 fully saturated rings. The van der Waals surface area contributed by atoms with E-state index in [9.17, 15) is 10.1 Å². The van der Waals surface area contributed by atoms with E-state index in [4.69, 9.17) is 60.7 Å². The van der Waals surface area contributed by atoms with Gasteiger partial charge in [-0.3, -0.25) is 10.1 Å². The molecule has 0 aromatic heterocycles. The Hall–Kier alpha value is -2.19. The maximum atomic E-state index is 10.9. The van der Waals surface area contributed by atoms with Gasteiger partial charge in [0.15, 0.2) is 5.75 Å². The Morgan fingerprint density at radius 1 is 1.09 bits per heavy atom. The number of nitro benzene ring substituents is 1. The maximum absolute atomic E-state index is 10.9. The van der Waals surface area contributed by atoms with Crippen molar-refractivity contribution in [1.82, 2.24) is 0 Å². The first-order valence-electron chi connectivity index (χ1n) is 9.45. The van der Waals surface area contributed by atoms with Gasteiger partial charge in [-0.2, -0.15) is 0 Å². The highest BCUT2D eigenvalue weighted by Gasteiger charge is 2.11. The molecule has 11 heteroatoms. The van der Waals surface area contributed by atoms with E-state index in [0.29, 0.717) is 58.9 Å². The van der Waals surface area contributed by atoms with Gasteiger partial charge in [-0.1, -0.05) is 63.7 Å². The van der Waals surface area contributed by atoms with Crippen molar-refractivity contribution in [2.75, 3.05) is 19.8 Å². The summed E-state index contributed by atoms with van der Waals surface area (Å²) >= 11 is 23.5. The van der Waals surface area contributed by atoms with Gasteiger partial charge in [0, 0.05) is 29.8 Å². The van der Waals surface area contributed by atoms with Gasteiger partial charge in [-0.25, -0.2) is 0 Å². The highest BCUT2D eigenvalue weighted by atomic mass is 35.5. The van der Waals surface area contributed by atoms with E-state index in [1.807, 2.05) is 0 Å². The lowest BCUT2D eigenvalue weighted by atomic mass is 10.1. The molecule has 0 aliphatic rings. The quantitative estimate of drug-likeness (QED) is 0.127. The first-order valence-corrected chi connectivity index (χ1v) is 11.0. The summed E-state index contributed by atoms with van der Waals surface area (Å²) in [5.74, 6) is 0.829. The van der Waals surface area contributed by atoms with Crippen LogP contribution in [-0.4, -0.2) is 30.5 Å². The number of hydrogen-bond donors (Lipinski definition) is 0. The smallest absolute Gasteiger partial charge is 0.270 e. The van der Waals surface area contributed by atoms with Crippen LogP contribution in [-0.2, 0) is 4.84 Å². The molecule has 0 aliphatic heterocycles. The molecule has 0 saturated heterocycles. The van der Waals surface area contributed by atoms with E-state index in [1.165, 1.54) is 18.2 Å². The number of nitro groups is 1. The average Bonchev–Trinajstić information content (AvgIpc) is 2.74. The molecule has 0 bridgehead atoms. The fourth-order valence-corrected chi connectivity index (χ4v) is 3.14. The zero-order chi connectivity index (χ0) is 23.5. The highest BCUT2D eigenvalue weighted by molar-refractivity contribution is 6.55. The maximum Gasteiger partial charge on any atom is 0.270 e. The van der Waals surface area contributed by atoms with E-state index in [0.717, 1.165) is 0 Å². The number of nitrogens with zero attached hydrogens (tertiary/aromatic N) is 2. The monoisotopic (exact) mass is 520 g/mol. The first kappa shape index (κ1) is 26.1. The normalized spacial score (nSPS) is 11.1. The Morgan fingerprint density at radius 2 is 1.78 bits per heavy atom. The number of rotatable bonds is 12. The molecule has 0 atom stereocenters. The Bertz CT molecular complexity index is 971. The number of unbranched alkanes of at least 4 members (excludes halogenated alkanes) is 1. The minimum atomic E-state index is -0.453. The highest BCUT2D eigenvalue weighted by Crippen LogP contribution is 2.37.